The molecule has 1 aromatic carbocycles. The first-order valence-electron chi connectivity index (χ1n) is 6.60. The molecule has 0 aromatic heterocycles. The Labute approximate surface area is 103 Å². The SMILES string of the molecule is CCC1CCCC(C(=O)c2ccc(N)cc2)C1. The quantitative estimate of drug-likeness (QED) is 0.637. The van der Waals surface area contributed by atoms with E-state index in [1.165, 1.54) is 19.3 Å². The van der Waals surface area contributed by atoms with Crippen molar-refractivity contribution in [2.75, 3.05) is 5.73 Å². The van der Waals surface area contributed by atoms with E-state index in [0.717, 1.165) is 30.0 Å². The van der Waals surface area contributed by atoms with Gasteiger partial charge in [-0.05, 0) is 43.0 Å². The van der Waals surface area contributed by atoms with Gasteiger partial charge in [-0.1, -0.05) is 26.2 Å². The molecule has 2 N–H and O–H groups in total. The molecule has 1 aliphatic rings. The lowest BCUT2D eigenvalue weighted by Crippen LogP contribution is -2.22. The molecule has 0 radical (unpaired) electrons. The van der Waals surface area contributed by atoms with Crippen LogP contribution in [0.4, 0.5) is 5.69 Å². The molecule has 1 aromatic rings. The molecule has 0 heterocycles. The van der Waals surface area contributed by atoms with Gasteiger partial charge in [0.05, 0.1) is 0 Å². The van der Waals surface area contributed by atoms with Gasteiger partial charge in [-0.15, -0.1) is 0 Å². The van der Waals surface area contributed by atoms with Gasteiger partial charge in [0.2, 0.25) is 0 Å². The lowest BCUT2D eigenvalue weighted by atomic mass is 9.77. The van der Waals surface area contributed by atoms with E-state index in [9.17, 15) is 4.79 Å². The molecule has 2 unspecified atom stereocenters. The number of anilines is 1. The number of carbonyl (C=O) groups is 1. The Morgan fingerprint density at radius 2 is 2.00 bits per heavy atom. The van der Waals surface area contributed by atoms with Gasteiger partial charge in [0.25, 0.3) is 0 Å². The van der Waals surface area contributed by atoms with Crippen LogP contribution in [-0.2, 0) is 0 Å². The van der Waals surface area contributed by atoms with E-state index in [4.69, 9.17) is 5.73 Å². The van der Waals surface area contributed by atoms with Crippen molar-refractivity contribution in [2.24, 2.45) is 11.8 Å². The molecule has 2 heteroatoms. The second-order valence-corrected chi connectivity index (χ2v) is 5.12. The van der Waals surface area contributed by atoms with Crippen LogP contribution in [0.15, 0.2) is 24.3 Å². The van der Waals surface area contributed by atoms with Crippen LogP contribution in [0.1, 0.15) is 49.4 Å². The molecule has 0 amide bonds. The molecule has 2 rings (SSSR count). The van der Waals surface area contributed by atoms with E-state index in [1.54, 1.807) is 0 Å². The topological polar surface area (TPSA) is 43.1 Å². The summed E-state index contributed by atoms with van der Waals surface area (Å²) in [6.45, 7) is 2.22. The van der Waals surface area contributed by atoms with Crippen LogP contribution >= 0.6 is 0 Å². The minimum Gasteiger partial charge on any atom is -0.399 e. The second-order valence-electron chi connectivity index (χ2n) is 5.12. The second kappa shape index (κ2) is 5.35. The van der Waals surface area contributed by atoms with Crippen LogP contribution in [0.25, 0.3) is 0 Å². The van der Waals surface area contributed by atoms with Crippen LogP contribution in [0.3, 0.4) is 0 Å². The fourth-order valence-corrected chi connectivity index (χ4v) is 2.78. The van der Waals surface area contributed by atoms with Crippen LogP contribution in [-0.4, -0.2) is 5.78 Å². The monoisotopic (exact) mass is 231 g/mol. The lowest BCUT2D eigenvalue weighted by Gasteiger charge is -2.27. The molecule has 92 valence electrons. The van der Waals surface area contributed by atoms with Crippen molar-refractivity contribution in [3.8, 4) is 0 Å². The minimum absolute atomic E-state index is 0.234. The van der Waals surface area contributed by atoms with Crippen LogP contribution in [0.5, 0.6) is 0 Å². The van der Waals surface area contributed by atoms with E-state index in [-0.39, 0.29) is 5.92 Å². The van der Waals surface area contributed by atoms with Crippen molar-refractivity contribution < 1.29 is 4.79 Å². The molecule has 1 fully saturated rings. The number of hydrogen-bond acceptors (Lipinski definition) is 2. The van der Waals surface area contributed by atoms with Crippen molar-refractivity contribution >= 4 is 11.5 Å². The van der Waals surface area contributed by atoms with Gasteiger partial charge >= 0.3 is 0 Å². The first-order valence-corrected chi connectivity index (χ1v) is 6.60. The van der Waals surface area contributed by atoms with Gasteiger partial charge in [0.15, 0.2) is 5.78 Å². The maximum absolute atomic E-state index is 12.3. The molecule has 0 spiro atoms. The first kappa shape index (κ1) is 12.2. The smallest absolute Gasteiger partial charge is 0.165 e. The Morgan fingerprint density at radius 3 is 2.65 bits per heavy atom. The van der Waals surface area contributed by atoms with Gasteiger partial charge in [-0.25, -0.2) is 0 Å². The van der Waals surface area contributed by atoms with Crippen LogP contribution in [0.2, 0.25) is 0 Å². The molecule has 0 saturated heterocycles. The van der Waals surface area contributed by atoms with E-state index in [1.807, 2.05) is 24.3 Å². The Kier molecular flexibility index (Phi) is 3.82. The zero-order valence-corrected chi connectivity index (χ0v) is 10.5. The lowest BCUT2D eigenvalue weighted by molar-refractivity contribution is 0.0862. The van der Waals surface area contributed by atoms with Gasteiger partial charge in [-0.2, -0.15) is 0 Å². The summed E-state index contributed by atoms with van der Waals surface area (Å²) < 4.78 is 0. The maximum Gasteiger partial charge on any atom is 0.165 e. The number of nitrogen functional groups attached to an aromatic ring is 1. The molecule has 17 heavy (non-hydrogen) atoms. The summed E-state index contributed by atoms with van der Waals surface area (Å²) in [6.07, 6.45) is 5.82. The van der Waals surface area contributed by atoms with Crippen molar-refractivity contribution in [1.29, 1.82) is 0 Å². The molecule has 0 bridgehead atoms. The van der Waals surface area contributed by atoms with Crippen LogP contribution in [0, 0.1) is 11.8 Å². The Bertz CT molecular complexity index is 382. The predicted molar refractivity (Wildman–Crippen MR) is 70.9 cm³/mol. The number of carbonyl (C=O) groups excluding carboxylic acids is 1. The third kappa shape index (κ3) is 2.87. The summed E-state index contributed by atoms with van der Waals surface area (Å²) in [7, 11) is 0. The van der Waals surface area contributed by atoms with E-state index in [2.05, 4.69) is 6.92 Å². The first-order chi connectivity index (χ1) is 8.20. The summed E-state index contributed by atoms with van der Waals surface area (Å²) >= 11 is 0. The Hall–Kier alpha value is -1.31. The number of ketones is 1. The molecule has 1 aliphatic carbocycles. The van der Waals surface area contributed by atoms with E-state index < -0.39 is 0 Å². The summed E-state index contributed by atoms with van der Waals surface area (Å²) in [4.78, 5) is 12.3. The number of rotatable bonds is 3. The highest BCUT2D eigenvalue weighted by molar-refractivity contribution is 5.98. The third-order valence-electron chi connectivity index (χ3n) is 3.93. The highest BCUT2D eigenvalue weighted by Gasteiger charge is 2.26. The summed E-state index contributed by atoms with van der Waals surface area (Å²) in [5.41, 5.74) is 7.18. The summed E-state index contributed by atoms with van der Waals surface area (Å²) in [6, 6.07) is 7.33. The number of benzene rings is 1. The van der Waals surface area contributed by atoms with Crippen molar-refractivity contribution in [3.63, 3.8) is 0 Å². The highest BCUT2D eigenvalue weighted by atomic mass is 16.1. The Morgan fingerprint density at radius 1 is 1.29 bits per heavy atom. The van der Waals surface area contributed by atoms with Gasteiger partial charge < -0.3 is 5.73 Å². The average molecular weight is 231 g/mol. The van der Waals surface area contributed by atoms with E-state index >= 15 is 0 Å². The zero-order valence-electron chi connectivity index (χ0n) is 10.5. The van der Waals surface area contributed by atoms with Gasteiger partial charge in [0, 0.05) is 17.2 Å². The zero-order chi connectivity index (χ0) is 12.3. The third-order valence-corrected chi connectivity index (χ3v) is 3.93. The van der Waals surface area contributed by atoms with Crippen LogP contribution < -0.4 is 5.73 Å². The fourth-order valence-electron chi connectivity index (χ4n) is 2.78. The number of Topliss-reactive ketones (excluding diaryl/α,β-unsaturated/α-hetero) is 1. The maximum atomic E-state index is 12.3. The fraction of sp³-hybridized carbons (Fsp3) is 0.533. The molecular weight excluding hydrogens is 210 g/mol. The minimum atomic E-state index is 0.234. The normalized spacial score (nSPS) is 24.5. The van der Waals surface area contributed by atoms with Crippen molar-refractivity contribution in [3.05, 3.63) is 29.8 Å². The molecule has 0 aliphatic heterocycles. The Balaban J connectivity index is 2.06. The molecular formula is C15H21NO. The molecule has 2 atom stereocenters. The number of nitrogens with two attached hydrogens (primary N) is 1. The molecule has 2 nitrogen and oxygen atoms in total. The molecule has 1 saturated carbocycles. The average Bonchev–Trinajstić information content (AvgIpc) is 2.39. The van der Waals surface area contributed by atoms with Gasteiger partial charge in [-0.3, -0.25) is 4.79 Å². The highest BCUT2D eigenvalue weighted by Crippen LogP contribution is 2.33. The van der Waals surface area contributed by atoms with Crippen molar-refractivity contribution in [1.82, 2.24) is 0 Å². The summed E-state index contributed by atoms with van der Waals surface area (Å²) in [5.74, 6) is 1.28. The van der Waals surface area contributed by atoms with Crippen molar-refractivity contribution in [2.45, 2.75) is 39.0 Å². The van der Waals surface area contributed by atoms with E-state index in [0.29, 0.717) is 5.78 Å². The van der Waals surface area contributed by atoms with Gasteiger partial charge in [0.1, 0.15) is 0 Å². The predicted octanol–water partition coefficient (Wildman–Crippen LogP) is 3.67. The standard InChI is InChI=1S/C15H21NO/c1-2-11-4-3-5-13(10-11)15(17)12-6-8-14(16)9-7-12/h6-9,11,13H,2-5,10,16H2,1H3. The summed E-state index contributed by atoms with van der Waals surface area (Å²) in [5, 5.41) is 0. The number of hydrogen-bond donors (Lipinski definition) is 1. The largest absolute Gasteiger partial charge is 0.399 e.